The Morgan fingerprint density at radius 3 is 2.75 bits per heavy atom. The van der Waals surface area contributed by atoms with E-state index in [-0.39, 0.29) is 17.7 Å². The molecule has 1 unspecified atom stereocenters. The molecule has 0 N–H and O–H groups in total. The second-order valence-electron chi connectivity index (χ2n) is 4.74. The summed E-state index contributed by atoms with van der Waals surface area (Å²) in [5.41, 5.74) is -0.251. The van der Waals surface area contributed by atoms with Gasteiger partial charge >= 0.3 is 5.97 Å². The maximum atomic E-state index is 11.3. The van der Waals surface area contributed by atoms with Gasteiger partial charge in [0, 0.05) is 6.61 Å². The highest BCUT2D eigenvalue weighted by molar-refractivity contribution is 5.70. The van der Waals surface area contributed by atoms with Crippen molar-refractivity contribution in [2.24, 2.45) is 0 Å². The van der Waals surface area contributed by atoms with Crippen molar-refractivity contribution in [2.75, 3.05) is 20.3 Å². The van der Waals surface area contributed by atoms with Crippen molar-refractivity contribution >= 4 is 5.97 Å². The summed E-state index contributed by atoms with van der Waals surface area (Å²) in [4.78, 5) is 11.3. The van der Waals surface area contributed by atoms with E-state index in [0.717, 1.165) is 38.7 Å². The van der Waals surface area contributed by atoms with Crippen LogP contribution in [0.3, 0.4) is 0 Å². The quantitative estimate of drug-likeness (QED) is 0.671. The SMILES string of the molecule is COC(=O)CC1(OCC2CCCO2)CCC1. The predicted molar refractivity (Wildman–Crippen MR) is 58.1 cm³/mol. The summed E-state index contributed by atoms with van der Waals surface area (Å²) < 4.78 is 16.1. The minimum Gasteiger partial charge on any atom is -0.469 e. The van der Waals surface area contributed by atoms with Crippen molar-refractivity contribution in [2.45, 2.75) is 50.2 Å². The van der Waals surface area contributed by atoms with Crippen molar-refractivity contribution in [3.63, 3.8) is 0 Å². The molecule has 1 saturated heterocycles. The number of rotatable bonds is 5. The minimum absolute atomic E-state index is 0.174. The molecule has 0 spiro atoms. The van der Waals surface area contributed by atoms with E-state index in [0.29, 0.717) is 13.0 Å². The summed E-state index contributed by atoms with van der Waals surface area (Å²) in [6.07, 6.45) is 5.89. The van der Waals surface area contributed by atoms with Gasteiger partial charge in [-0.1, -0.05) is 0 Å². The molecule has 0 amide bonds. The highest BCUT2D eigenvalue weighted by Gasteiger charge is 2.41. The fourth-order valence-electron chi connectivity index (χ4n) is 2.32. The molecule has 1 heterocycles. The van der Waals surface area contributed by atoms with Crippen LogP contribution in [-0.4, -0.2) is 38.0 Å². The van der Waals surface area contributed by atoms with Gasteiger partial charge in [-0.2, -0.15) is 0 Å². The third-order valence-electron chi connectivity index (χ3n) is 3.56. The predicted octanol–water partition coefficient (Wildman–Crippen LogP) is 1.67. The van der Waals surface area contributed by atoms with E-state index in [1.807, 2.05) is 0 Å². The molecular formula is C12H20O4. The highest BCUT2D eigenvalue weighted by Crippen LogP contribution is 2.39. The van der Waals surface area contributed by atoms with Gasteiger partial charge in [0.1, 0.15) is 0 Å². The Labute approximate surface area is 96.2 Å². The third-order valence-corrected chi connectivity index (χ3v) is 3.56. The Morgan fingerprint density at radius 2 is 2.25 bits per heavy atom. The molecule has 1 aliphatic carbocycles. The molecule has 4 heteroatoms. The average Bonchev–Trinajstić information content (AvgIpc) is 2.74. The Balaban J connectivity index is 1.77. The van der Waals surface area contributed by atoms with E-state index >= 15 is 0 Å². The second-order valence-corrected chi connectivity index (χ2v) is 4.74. The maximum Gasteiger partial charge on any atom is 0.308 e. The number of hydrogen-bond acceptors (Lipinski definition) is 4. The number of methoxy groups -OCH3 is 1. The number of ether oxygens (including phenoxy) is 3. The first kappa shape index (κ1) is 11.9. The lowest BCUT2D eigenvalue weighted by atomic mass is 9.77. The van der Waals surface area contributed by atoms with Crippen LogP contribution in [0.4, 0.5) is 0 Å². The van der Waals surface area contributed by atoms with Gasteiger partial charge in [-0.15, -0.1) is 0 Å². The molecule has 2 aliphatic rings. The molecule has 4 nitrogen and oxygen atoms in total. The molecule has 0 aromatic rings. The first-order valence-corrected chi connectivity index (χ1v) is 6.06. The normalized spacial score (nSPS) is 27.4. The van der Waals surface area contributed by atoms with Gasteiger partial charge in [-0.25, -0.2) is 0 Å². The van der Waals surface area contributed by atoms with Gasteiger partial charge < -0.3 is 14.2 Å². The second kappa shape index (κ2) is 5.15. The van der Waals surface area contributed by atoms with E-state index in [2.05, 4.69) is 0 Å². The van der Waals surface area contributed by atoms with E-state index in [4.69, 9.17) is 14.2 Å². The standard InChI is InChI=1S/C12H20O4/c1-14-11(13)8-12(5-3-6-12)16-9-10-4-2-7-15-10/h10H,2-9H2,1H3. The molecule has 1 saturated carbocycles. The lowest BCUT2D eigenvalue weighted by Gasteiger charge is -2.41. The molecule has 2 rings (SSSR count). The molecule has 92 valence electrons. The molecular weight excluding hydrogens is 208 g/mol. The van der Waals surface area contributed by atoms with Crippen molar-refractivity contribution < 1.29 is 19.0 Å². The summed E-state index contributed by atoms with van der Waals surface area (Å²) in [6, 6.07) is 0. The third kappa shape index (κ3) is 2.74. The van der Waals surface area contributed by atoms with Crippen molar-refractivity contribution in [1.82, 2.24) is 0 Å². The summed E-state index contributed by atoms with van der Waals surface area (Å²) in [6.45, 7) is 1.47. The van der Waals surface area contributed by atoms with Crippen LogP contribution in [0.2, 0.25) is 0 Å². The number of esters is 1. The van der Waals surface area contributed by atoms with Gasteiger partial charge in [0.05, 0.1) is 31.8 Å². The lowest BCUT2D eigenvalue weighted by molar-refractivity contribution is -0.163. The summed E-state index contributed by atoms with van der Waals surface area (Å²) in [7, 11) is 1.43. The highest BCUT2D eigenvalue weighted by atomic mass is 16.6. The Hall–Kier alpha value is -0.610. The lowest BCUT2D eigenvalue weighted by Crippen LogP contribution is -2.44. The summed E-state index contributed by atoms with van der Waals surface area (Å²) >= 11 is 0. The van der Waals surface area contributed by atoms with Gasteiger partial charge in [-0.3, -0.25) is 4.79 Å². The molecule has 0 aromatic carbocycles. The van der Waals surface area contributed by atoms with Crippen LogP contribution >= 0.6 is 0 Å². The first-order chi connectivity index (χ1) is 7.74. The van der Waals surface area contributed by atoms with Crippen molar-refractivity contribution in [3.8, 4) is 0 Å². The largest absolute Gasteiger partial charge is 0.469 e. The molecule has 0 radical (unpaired) electrons. The van der Waals surface area contributed by atoms with E-state index < -0.39 is 0 Å². The van der Waals surface area contributed by atoms with E-state index in [1.165, 1.54) is 7.11 Å². The number of hydrogen-bond donors (Lipinski definition) is 0. The van der Waals surface area contributed by atoms with Crippen LogP contribution in [0.1, 0.15) is 38.5 Å². The Morgan fingerprint density at radius 1 is 1.44 bits per heavy atom. The molecule has 2 fully saturated rings. The minimum atomic E-state index is -0.251. The van der Waals surface area contributed by atoms with Crippen LogP contribution in [0, 0.1) is 0 Å². The molecule has 16 heavy (non-hydrogen) atoms. The number of carbonyl (C=O) groups is 1. The number of carbonyl (C=O) groups excluding carboxylic acids is 1. The van der Waals surface area contributed by atoms with Gasteiger partial charge in [0.25, 0.3) is 0 Å². The van der Waals surface area contributed by atoms with Crippen LogP contribution in [0.5, 0.6) is 0 Å². The van der Waals surface area contributed by atoms with Crippen molar-refractivity contribution in [3.05, 3.63) is 0 Å². The maximum absolute atomic E-state index is 11.3. The zero-order valence-electron chi connectivity index (χ0n) is 9.87. The summed E-state index contributed by atoms with van der Waals surface area (Å²) in [5.74, 6) is -0.174. The zero-order chi connectivity index (χ0) is 11.4. The topological polar surface area (TPSA) is 44.8 Å². The van der Waals surface area contributed by atoms with Crippen molar-refractivity contribution in [1.29, 1.82) is 0 Å². The molecule has 0 bridgehead atoms. The van der Waals surface area contributed by atoms with Crippen LogP contribution in [-0.2, 0) is 19.0 Å². The van der Waals surface area contributed by atoms with E-state index in [1.54, 1.807) is 0 Å². The van der Waals surface area contributed by atoms with Gasteiger partial charge in [-0.05, 0) is 32.1 Å². The van der Waals surface area contributed by atoms with Gasteiger partial charge in [0.15, 0.2) is 0 Å². The van der Waals surface area contributed by atoms with Crippen LogP contribution < -0.4 is 0 Å². The fraction of sp³-hybridized carbons (Fsp3) is 0.917. The van der Waals surface area contributed by atoms with Crippen LogP contribution in [0.25, 0.3) is 0 Å². The smallest absolute Gasteiger partial charge is 0.308 e. The molecule has 0 aromatic heterocycles. The molecule has 1 aliphatic heterocycles. The first-order valence-electron chi connectivity index (χ1n) is 6.06. The average molecular weight is 228 g/mol. The molecule has 1 atom stereocenters. The van der Waals surface area contributed by atoms with E-state index in [9.17, 15) is 4.79 Å². The van der Waals surface area contributed by atoms with Gasteiger partial charge in [0.2, 0.25) is 0 Å². The Kier molecular flexibility index (Phi) is 3.82. The fourth-order valence-corrected chi connectivity index (χ4v) is 2.32. The Bertz CT molecular complexity index is 241. The monoisotopic (exact) mass is 228 g/mol. The summed E-state index contributed by atoms with van der Waals surface area (Å²) in [5, 5.41) is 0. The van der Waals surface area contributed by atoms with Crippen LogP contribution in [0.15, 0.2) is 0 Å². The zero-order valence-corrected chi connectivity index (χ0v) is 9.87.